The minimum atomic E-state index is -0.882. The standard InChI is InChI=1S/C10H18N4O2S/c1-4-11-10(3,8(15)16)5-6-17-9-12-7(2)13-14-9/h11H,4-6H2,1-3H3,(H,15,16)(H,12,13,14). The second kappa shape index (κ2) is 6.02. The number of carbonyl (C=O) groups is 1. The van der Waals surface area contributed by atoms with Crippen LogP contribution in [0.15, 0.2) is 5.16 Å². The highest BCUT2D eigenvalue weighted by atomic mass is 32.2. The Hall–Kier alpha value is -1.08. The highest BCUT2D eigenvalue weighted by Gasteiger charge is 2.31. The molecule has 0 aliphatic carbocycles. The Bertz CT molecular complexity index is 382. The Labute approximate surface area is 105 Å². The zero-order chi connectivity index (χ0) is 12.9. The van der Waals surface area contributed by atoms with Crippen molar-refractivity contribution >= 4 is 17.7 Å². The molecule has 7 heteroatoms. The molecule has 3 N–H and O–H groups in total. The maximum absolute atomic E-state index is 11.1. The fourth-order valence-electron chi connectivity index (χ4n) is 1.39. The lowest BCUT2D eigenvalue weighted by atomic mass is 9.99. The van der Waals surface area contributed by atoms with Crippen molar-refractivity contribution in [2.45, 2.75) is 37.9 Å². The van der Waals surface area contributed by atoms with Crippen molar-refractivity contribution in [3.63, 3.8) is 0 Å². The number of likely N-dealkylation sites (N-methyl/N-ethyl adjacent to an activating group) is 1. The summed E-state index contributed by atoms with van der Waals surface area (Å²) in [5, 5.41) is 19.5. The number of rotatable bonds is 7. The Morgan fingerprint density at radius 1 is 1.65 bits per heavy atom. The van der Waals surface area contributed by atoms with Crippen LogP contribution in [-0.2, 0) is 4.79 Å². The third-order valence-corrected chi connectivity index (χ3v) is 3.30. The van der Waals surface area contributed by atoms with Crippen molar-refractivity contribution < 1.29 is 9.90 Å². The summed E-state index contributed by atoms with van der Waals surface area (Å²) in [7, 11) is 0. The zero-order valence-corrected chi connectivity index (χ0v) is 11.1. The summed E-state index contributed by atoms with van der Waals surface area (Å²) in [6.07, 6.45) is 0.522. The Morgan fingerprint density at radius 3 is 2.82 bits per heavy atom. The van der Waals surface area contributed by atoms with Gasteiger partial charge in [0.2, 0.25) is 5.16 Å². The molecule has 0 saturated heterocycles. The molecule has 1 heterocycles. The molecule has 0 radical (unpaired) electrons. The van der Waals surface area contributed by atoms with E-state index >= 15 is 0 Å². The highest BCUT2D eigenvalue weighted by Crippen LogP contribution is 2.19. The van der Waals surface area contributed by atoms with E-state index in [1.54, 1.807) is 6.92 Å². The summed E-state index contributed by atoms with van der Waals surface area (Å²) in [5.74, 6) is 0.596. The number of aliphatic carboxylic acids is 1. The quantitative estimate of drug-likeness (QED) is 0.633. The number of aromatic nitrogens is 3. The van der Waals surface area contributed by atoms with Gasteiger partial charge in [-0.05, 0) is 26.8 Å². The first-order valence-corrected chi connectivity index (χ1v) is 6.46. The minimum Gasteiger partial charge on any atom is -0.480 e. The lowest BCUT2D eigenvalue weighted by Crippen LogP contribution is -2.49. The fraction of sp³-hybridized carbons (Fsp3) is 0.700. The molecular formula is C10H18N4O2S. The second-order valence-electron chi connectivity index (χ2n) is 3.97. The molecule has 0 aromatic carbocycles. The van der Waals surface area contributed by atoms with Crippen LogP contribution < -0.4 is 5.32 Å². The molecule has 0 fully saturated rings. The molecule has 1 aromatic heterocycles. The number of aryl methyl sites for hydroxylation is 1. The molecule has 1 unspecified atom stereocenters. The van der Waals surface area contributed by atoms with E-state index in [1.165, 1.54) is 11.8 Å². The van der Waals surface area contributed by atoms with E-state index in [1.807, 2.05) is 13.8 Å². The van der Waals surface area contributed by atoms with E-state index in [4.69, 9.17) is 5.11 Å². The van der Waals surface area contributed by atoms with Crippen molar-refractivity contribution in [1.29, 1.82) is 0 Å². The van der Waals surface area contributed by atoms with E-state index in [0.29, 0.717) is 23.9 Å². The van der Waals surface area contributed by atoms with Gasteiger partial charge in [-0.3, -0.25) is 9.89 Å². The van der Waals surface area contributed by atoms with Gasteiger partial charge in [-0.15, -0.1) is 5.10 Å². The van der Waals surface area contributed by atoms with Crippen molar-refractivity contribution in [3.8, 4) is 0 Å². The molecule has 1 rings (SSSR count). The molecule has 0 spiro atoms. The largest absolute Gasteiger partial charge is 0.480 e. The Morgan fingerprint density at radius 2 is 2.35 bits per heavy atom. The van der Waals surface area contributed by atoms with Gasteiger partial charge in [0.1, 0.15) is 11.4 Å². The number of hydrogen-bond acceptors (Lipinski definition) is 5. The summed E-state index contributed by atoms with van der Waals surface area (Å²) in [6, 6.07) is 0. The monoisotopic (exact) mass is 258 g/mol. The van der Waals surface area contributed by atoms with Crippen molar-refractivity contribution in [3.05, 3.63) is 5.82 Å². The fourth-order valence-corrected chi connectivity index (χ4v) is 2.40. The topological polar surface area (TPSA) is 90.9 Å². The van der Waals surface area contributed by atoms with Gasteiger partial charge < -0.3 is 10.4 Å². The van der Waals surface area contributed by atoms with E-state index in [0.717, 1.165) is 5.82 Å². The van der Waals surface area contributed by atoms with Crippen LogP contribution in [0.1, 0.15) is 26.1 Å². The summed E-state index contributed by atoms with van der Waals surface area (Å²) < 4.78 is 0. The highest BCUT2D eigenvalue weighted by molar-refractivity contribution is 7.99. The number of hydrogen-bond donors (Lipinski definition) is 3. The van der Waals surface area contributed by atoms with Crippen LogP contribution in [-0.4, -0.2) is 44.1 Å². The lowest BCUT2D eigenvalue weighted by molar-refractivity contribution is -0.144. The molecule has 6 nitrogen and oxygen atoms in total. The van der Waals surface area contributed by atoms with Gasteiger partial charge in [-0.1, -0.05) is 18.7 Å². The number of H-pyrrole nitrogens is 1. The smallest absolute Gasteiger partial charge is 0.323 e. The normalized spacial score (nSPS) is 14.5. The number of nitrogens with one attached hydrogen (secondary N) is 2. The van der Waals surface area contributed by atoms with Gasteiger partial charge in [0, 0.05) is 5.75 Å². The molecule has 1 atom stereocenters. The van der Waals surface area contributed by atoms with Gasteiger partial charge in [0.25, 0.3) is 0 Å². The van der Waals surface area contributed by atoms with Gasteiger partial charge in [0.15, 0.2) is 0 Å². The lowest BCUT2D eigenvalue weighted by Gasteiger charge is -2.25. The summed E-state index contributed by atoms with van der Waals surface area (Å²) in [6.45, 7) is 6.06. The van der Waals surface area contributed by atoms with Crippen LogP contribution >= 0.6 is 11.8 Å². The summed E-state index contributed by atoms with van der Waals surface area (Å²) in [5.41, 5.74) is -0.882. The third kappa shape index (κ3) is 4.01. The average molecular weight is 258 g/mol. The van der Waals surface area contributed by atoms with Crippen LogP contribution in [0.2, 0.25) is 0 Å². The van der Waals surface area contributed by atoms with Crippen molar-refractivity contribution in [2.75, 3.05) is 12.3 Å². The van der Waals surface area contributed by atoms with Gasteiger partial charge in [-0.2, -0.15) is 0 Å². The van der Waals surface area contributed by atoms with E-state index < -0.39 is 11.5 Å². The summed E-state index contributed by atoms with van der Waals surface area (Å²) in [4.78, 5) is 15.3. The molecule has 96 valence electrons. The Balaban J connectivity index is 2.45. The molecule has 0 saturated carbocycles. The first-order chi connectivity index (χ1) is 7.98. The van der Waals surface area contributed by atoms with Crippen molar-refractivity contribution in [1.82, 2.24) is 20.5 Å². The van der Waals surface area contributed by atoms with Crippen LogP contribution in [0.3, 0.4) is 0 Å². The van der Waals surface area contributed by atoms with Gasteiger partial charge in [-0.25, -0.2) is 4.98 Å². The van der Waals surface area contributed by atoms with Crippen molar-refractivity contribution in [2.24, 2.45) is 0 Å². The first kappa shape index (κ1) is 14.0. The Kier molecular flexibility index (Phi) is 4.95. The van der Waals surface area contributed by atoms with Crippen LogP contribution in [0.4, 0.5) is 0 Å². The van der Waals surface area contributed by atoms with E-state index in [-0.39, 0.29) is 0 Å². The van der Waals surface area contributed by atoms with Gasteiger partial charge >= 0.3 is 5.97 Å². The average Bonchev–Trinajstić information content (AvgIpc) is 2.64. The number of carboxylic acids is 1. The molecule has 1 aromatic rings. The third-order valence-electron chi connectivity index (χ3n) is 2.45. The molecule has 0 amide bonds. The first-order valence-electron chi connectivity index (χ1n) is 5.48. The van der Waals surface area contributed by atoms with E-state index in [9.17, 15) is 4.79 Å². The minimum absolute atomic E-state index is 0.522. The maximum Gasteiger partial charge on any atom is 0.323 e. The predicted molar refractivity (Wildman–Crippen MR) is 66.2 cm³/mol. The van der Waals surface area contributed by atoms with Crippen LogP contribution in [0, 0.1) is 6.92 Å². The second-order valence-corrected chi connectivity index (χ2v) is 5.03. The molecule has 0 aliphatic rings. The number of carboxylic acid groups (broad SMARTS) is 1. The van der Waals surface area contributed by atoms with Crippen LogP contribution in [0.5, 0.6) is 0 Å². The molecule has 0 bridgehead atoms. The maximum atomic E-state index is 11.1. The SMILES string of the molecule is CCNC(C)(CCSc1n[nH]c(C)n1)C(=O)O. The number of nitrogens with zero attached hydrogens (tertiary/aromatic N) is 2. The van der Waals surface area contributed by atoms with E-state index in [2.05, 4.69) is 20.5 Å². The number of thioether (sulfide) groups is 1. The molecule has 17 heavy (non-hydrogen) atoms. The van der Waals surface area contributed by atoms with Gasteiger partial charge in [0.05, 0.1) is 0 Å². The zero-order valence-electron chi connectivity index (χ0n) is 10.3. The number of aromatic amines is 1. The predicted octanol–water partition coefficient (Wildman–Crippen LogP) is 1.05. The molecular weight excluding hydrogens is 240 g/mol. The summed E-state index contributed by atoms with van der Waals surface area (Å²) >= 11 is 1.45. The molecule has 0 aliphatic heterocycles. The van der Waals surface area contributed by atoms with Crippen LogP contribution in [0.25, 0.3) is 0 Å².